The number of carbonyl (C=O) groups is 1. The molecule has 0 unspecified atom stereocenters. The predicted molar refractivity (Wildman–Crippen MR) is 168 cm³/mol. The quantitative estimate of drug-likeness (QED) is 0.273. The first-order chi connectivity index (χ1) is 20.8. The van der Waals surface area contributed by atoms with Crippen LogP contribution in [0.1, 0.15) is 64.5 Å². The van der Waals surface area contributed by atoms with Crippen molar-refractivity contribution in [1.82, 2.24) is 29.6 Å². The second-order valence-corrected chi connectivity index (χ2v) is 11.5. The van der Waals surface area contributed by atoms with Crippen molar-refractivity contribution in [3.8, 4) is 11.6 Å². The fraction of sp³-hybridized carbons (Fsp3) is 0.424. The van der Waals surface area contributed by atoms with Gasteiger partial charge in [-0.2, -0.15) is 5.10 Å². The van der Waals surface area contributed by atoms with Crippen LogP contribution in [0.4, 0.5) is 5.69 Å². The smallest absolute Gasteiger partial charge is 0.250 e. The monoisotopic (exact) mass is 582 g/mol. The summed E-state index contributed by atoms with van der Waals surface area (Å²) in [6, 6.07) is 11.2. The van der Waals surface area contributed by atoms with Gasteiger partial charge in [-0.15, -0.1) is 0 Å². The van der Waals surface area contributed by atoms with Crippen molar-refractivity contribution in [2.45, 2.75) is 72.0 Å². The van der Waals surface area contributed by atoms with E-state index in [-0.39, 0.29) is 0 Å². The minimum absolute atomic E-state index is 0.359. The molecule has 0 radical (unpaired) electrons. The molecule has 10 heteroatoms. The number of primary amides is 1. The average Bonchev–Trinajstić information content (AvgIpc) is 3.55. The molecule has 0 spiro atoms. The van der Waals surface area contributed by atoms with E-state index in [0.29, 0.717) is 29.2 Å². The van der Waals surface area contributed by atoms with E-state index in [1.54, 1.807) is 18.1 Å². The van der Waals surface area contributed by atoms with E-state index in [1.807, 2.05) is 38.4 Å². The third-order valence-electron chi connectivity index (χ3n) is 8.88. The number of benzene rings is 1. The Kier molecular flexibility index (Phi) is 9.35. The fourth-order valence-corrected chi connectivity index (χ4v) is 6.27. The Hall–Kier alpha value is -4.31. The highest BCUT2D eigenvalue weighted by molar-refractivity contribution is 5.96. The van der Waals surface area contributed by atoms with Gasteiger partial charge < -0.3 is 20.3 Å². The summed E-state index contributed by atoms with van der Waals surface area (Å²) in [6.07, 6.45) is 10.8. The van der Waals surface area contributed by atoms with Gasteiger partial charge in [0.1, 0.15) is 18.4 Å². The number of methoxy groups -OCH3 is 1. The normalized spacial score (nSPS) is 14.9. The molecule has 3 aromatic heterocycles. The van der Waals surface area contributed by atoms with E-state index >= 15 is 0 Å². The number of aryl methyl sites for hydroxylation is 2. The standard InChI is InChI=1S/C33H42N8O2/c1-22-12-15-35-18-26(22)19-40(27-7-9-29(43-5)10-8-27)28-13-16-39(17-14-28)23(2)6-11-30-24(3)31(32(34)42)25(4)38-33(30)41-21-36-20-37-41/h7-10,12,15,18,20-21,23,28H,6,11,13-14,16-17,19H2,1-5H3,(H2,34,42)/t23-/m1/s1. The molecule has 1 aliphatic heterocycles. The van der Waals surface area contributed by atoms with Crippen LogP contribution in [0.25, 0.3) is 5.82 Å². The maximum Gasteiger partial charge on any atom is 0.250 e. The van der Waals surface area contributed by atoms with Crippen molar-refractivity contribution in [1.29, 1.82) is 0 Å². The van der Waals surface area contributed by atoms with Crippen molar-refractivity contribution in [3.63, 3.8) is 0 Å². The molecule has 1 aliphatic rings. The molecule has 43 heavy (non-hydrogen) atoms. The summed E-state index contributed by atoms with van der Waals surface area (Å²) in [5.41, 5.74) is 12.4. The van der Waals surface area contributed by atoms with Gasteiger partial charge >= 0.3 is 0 Å². The van der Waals surface area contributed by atoms with Crippen molar-refractivity contribution < 1.29 is 9.53 Å². The zero-order valence-corrected chi connectivity index (χ0v) is 25.8. The number of pyridine rings is 2. The number of likely N-dealkylation sites (tertiary alicyclic amines) is 1. The number of piperidine rings is 1. The van der Waals surface area contributed by atoms with Gasteiger partial charge in [-0.25, -0.2) is 14.6 Å². The summed E-state index contributed by atoms with van der Waals surface area (Å²) >= 11 is 0. The highest BCUT2D eigenvalue weighted by Gasteiger charge is 2.28. The van der Waals surface area contributed by atoms with Crippen molar-refractivity contribution >= 4 is 11.6 Å². The lowest BCUT2D eigenvalue weighted by Gasteiger charge is -2.42. The first-order valence-corrected chi connectivity index (χ1v) is 15.0. The number of amides is 1. The molecule has 226 valence electrons. The lowest BCUT2D eigenvalue weighted by atomic mass is 9.95. The molecule has 4 heterocycles. The van der Waals surface area contributed by atoms with Crippen molar-refractivity contribution in [2.24, 2.45) is 5.73 Å². The molecule has 4 aromatic rings. The Morgan fingerprint density at radius 1 is 1.12 bits per heavy atom. The Labute approximate surface area is 253 Å². The lowest BCUT2D eigenvalue weighted by molar-refractivity contribution is 0.0998. The number of anilines is 1. The molecule has 5 rings (SSSR count). The number of carbonyl (C=O) groups excluding carboxylic acids is 1. The molecule has 2 N–H and O–H groups in total. The van der Waals surface area contributed by atoms with Crippen LogP contribution in [0.3, 0.4) is 0 Å². The molecule has 0 saturated carbocycles. The molecule has 1 atom stereocenters. The van der Waals surface area contributed by atoms with Gasteiger partial charge in [0.05, 0.1) is 18.4 Å². The third-order valence-corrected chi connectivity index (χ3v) is 8.88. The van der Waals surface area contributed by atoms with Gasteiger partial charge in [-0.05, 0) is 100 Å². The Balaban J connectivity index is 1.29. The predicted octanol–water partition coefficient (Wildman–Crippen LogP) is 4.58. The number of nitrogens with zero attached hydrogens (tertiary/aromatic N) is 7. The second kappa shape index (κ2) is 13.3. The Bertz CT molecular complexity index is 1530. The molecule has 0 bridgehead atoms. The van der Waals surface area contributed by atoms with Gasteiger partial charge in [0.15, 0.2) is 5.82 Å². The molecule has 1 fully saturated rings. The summed E-state index contributed by atoms with van der Waals surface area (Å²) in [7, 11) is 1.70. The SMILES string of the molecule is COc1ccc(N(Cc2cnccc2C)C2CCN([C@H](C)CCc3c(-n4cncn4)nc(C)c(C(N)=O)c3C)CC2)cc1. The number of nitrogens with two attached hydrogens (primary N) is 1. The van der Waals surface area contributed by atoms with Crippen LogP contribution in [0.2, 0.25) is 0 Å². The van der Waals surface area contributed by atoms with Crippen LogP contribution in [-0.4, -0.2) is 67.8 Å². The zero-order valence-electron chi connectivity index (χ0n) is 25.8. The number of rotatable bonds is 11. The summed E-state index contributed by atoms with van der Waals surface area (Å²) in [4.78, 5) is 30.6. The average molecular weight is 583 g/mol. The molecular formula is C33H42N8O2. The topological polar surface area (TPSA) is 115 Å². The van der Waals surface area contributed by atoms with Crippen LogP contribution in [0.15, 0.2) is 55.4 Å². The number of hydrogen-bond donors (Lipinski definition) is 1. The zero-order chi connectivity index (χ0) is 30.5. The minimum Gasteiger partial charge on any atom is -0.497 e. The number of hydrogen-bond acceptors (Lipinski definition) is 8. The van der Waals surface area contributed by atoms with Gasteiger partial charge in [-0.1, -0.05) is 0 Å². The molecule has 10 nitrogen and oxygen atoms in total. The molecule has 1 aromatic carbocycles. The van der Waals surface area contributed by atoms with Crippen molar-refractivity contribution in [2.75, 3.05) is 25.1 Å². The van der Waals surface area contributed by atoms with Crippen LogP contribution >= 0.6 is 0 Å². The Morgan fingerprint density at radius 3 is 2.49 bits per heavy atom. The highest BCUT2D eigenvalue weighted by atomic mass is 16.5. The summed E-state index contributed by atoms with van der Waals surface area (Å²) < 4.78 is 7.09. The van der Waals surface area contributed by atoms with Gasteiger partial charge in [-0.3, -0.25) is 9.78 Å². The second-order valence-electron chi connectivity index (χ2n) is 11.5. The summed E-state index contributed by atoms with van der Waals surface area (Å²) in [6.45, 7) is 11.1. The van der Waals surface area contributed by atoms with Crippen molar-refractivity contribution in [3.05, 3.63) is 88.9 Å². The number of ether oxygens (including phenoxy) is 1. The van der Waals surface area contributed by atoms with Crippen LogP contribution in [0, 0.1) is 20.8 Å². The van der Waals surface area contributed by atoms with E-state index in [1.165, 1.54) is 23.1 Å². The molecular weight excluding hydrogens is 540 g/mol. The van der Waals surface area contributed by atoms with Gasteiger partial charge in [0.2, 0.25) is 0 Å². The minimum atomic E-state index is -0.452. The molecule has 1 amide bonds. The highest BCUT2D eigenvalue weighted by Crippen LogP contribution is 2.30. The Morgan fingerprint density at radius 2 is 1.86 bits per heavy atom. The van der Waals surface area contributed by atoms with Crippen LogP contribution in [0.5, 0.6) is 5.75 Å². The van der Waals surface area contributed by atoms with E-state index in [2.05, 4.69) is 56.9 Å². The fourth-order valence-electron chi connectivity index (χ4n) is 6.27. The third kappa shape index (κ3) is 6.69. The molecule has 0 aliphatic carbocycles. The maximum absolute atomic E-state index is 12.3. The maximum atomic E-state index is 12.3. The van der Waals surface area contributed by atoms with Gasteiger partial charge in [0.25, 0.3) is 5.91 Å². The van der Waals surface area contributed by atoms with Crippen LogP contribution < -0.4 is 15.4 Å². The van der Waals surface area contributed by atoms with E-state index in [9.17, 15) is 4.79 Å². The first kappa shape index (κ1) is 30.2. The first-order valence-electron chi connectivity index (χ1n) is 15.0. The van der Waals surface area contributed by atoms with E-state index in [0.717, 1.165) is 62.2 Å². The largest absolute Gasteiger partial charge is 0.497 e. The van der Waals surface area contributed by atoms with Gasteiger partial charge in [0, 0.05) is 55.4 Å². The van der Waals surface area contributed by atoms with E-state index < -0.39 is 5.91 Å². The van der Waals surface area contributed by atoms with E-state index in [4.69, 9.17) is 15.5 Å². The summed E-state index contributed by atoms with van der Waals surface area (Å²) in [5, 5.41) is 4.32. The summed E-state index contributed by atoms with van der Waals surface area (Å²) in [5.74, 6) is 1.12. The lowest BCUT2D eigenvalue weighted by Crippen LogP contribution is -2.47. The number of aromatic nitrogens is 5. The van der Waals surface area contributed by atoms with Crippen LogP contribution in [-0.2, 0) is 13.0 Å². The molecule has 1 saturated heterocycles.